The van der Waals surface area contributed by atoms with Crippen LogP contribution in [-0.4, -0.2) is 4.57 Å². The van der Waals surface area contributed by atoms with E-state index < -0.39 is 0 Å². The summed E-state index contributed by atoms with van der Waals surface area (Å²) in [5.74, 6) is 1.56. The van der Waals surface area contributed by atoms with Gasteiger partial charge in [-0.05, 0) is 36.6 Å². The molecule has 0 N–H and O–H groups in total. The molecule has 2 heterocycles. The summed E-state index contributed by atoms with van der Waals surface area (Å²) in [5, 5.41) is 2.36. The van der Waals surface area contributed by atoms with Crippen molar-refractivity contribution in [1.29, 1.82) is 0 Å². The second kappa shape index (κ2) is 6.63. The molecule has 3 aromatic carbocycles. The molecule has 0 aliphatic rings. The van der Waals surface area contributed by atoms with Gasteiger partial charge in [-0.15, -0.1) is 0 Å². The van der Waals surface area contributed by atoms with Crippen molar-refractivity contribution in [1.82, 2.24) is 4.57 Å². The second-order valence-corrected chi connectivity index (χ2v) is 8.08. The van der Waals surface area contributed by atoms with Gasteiger partial charge in [-0.2, -0.15) is 4.57 Å². The molecule has 0 radical (unpaired) electrons. The molecule has 2 aromatic heterocycles. The van der Waals surface area contributed by atoms with Crippen molar-refractivity contribution >= 4 is 21.9 Å². The third kappa shape index (κ3) is 2.77. The molecule has 0 atom stereocenters. The van der Waals surface area contributed by atoms with Gasteiger partial charge in [-0.25, -0.2) is 4.57 Å². The number of benzene rings is 3. The maximum absolute atomic E-state index is 6.21. The zero-order valence-electron chi connectivity index (χ0n) is 17.3. The Bertz CT molecular complexity index is 1350. The number of hydrogen-bond donors (Lipinski definition) is 0. The van der Waals surface area contributed by atoms with Gasteiger partial charge in [0.25, 0.3) is 5.82 Å². The van der Waals surface area contributed by atoms with Gasteiger partial charge in [0.1, 0.15) is 29.2 Å². The number of nitrogens with zero attached hydrogens (tertiary/aromatic N) is 2. The summed E-state index contributed by atoms with van der Waals surface area (Å²) in [6, 6.07) is 21.3. The standard InChI is InChI=1S/C26H25N2O/c1-17(2)21-15-22-20-11-7-8-12-24(20)29-25(22)16-23(21)28-14-13-27(4)26(28)19-10-6-5-9-18(19)3/h5-17H,1-4H3/q+1. The van der Waals surface area contributed by atoms with Gasteiger partial charge in [0.15, 0.2) is 0 Å². The van der Waals surface area contributed by atoms with Crippen LogP contribution in [0.3, 0.4) is 0 Å². The second-order valence-electron chi connectivity index (χ2n) is 8.08. The molecular formula is C26H25N2O+. The molecule has 0 amide bonds. The molecule has 29 heavy (non-hydrogen) atoms. The molecule has 0 bridgehead atoms. The molecule has 5 rings (SSSR count). The zero-order valence-corrected chi connectivity index (χ0v) is 17.3. The average molecular weight is 381 g/mol. The van der Waals surface area contributed by atoms with Crippen molar-refractivity contribution in [2.24, 2.45) is 7.05 Å². The molecule has 3 heteroatoms. The molecule has 0 saturated carbocycles. The Labute approximate surface area is 170 Å². The largest absolute Gasteiger partial charge is 0.456 e. The van der Waals surface area contributed by atoms with Gasteiger partial charge in [-0.3, -0.25) is 0 Å². The van der Waals surface area contributed by atoms with Crippen LogP contribution in [0.1, 0.15) is 30.9 Å². The fourth-order valence-electron chi connectivity index (χ4n) is 4.26. The minimum Gasteiger partial charge on any atom is -0.456 e. The monoisotopic (exact) mass is 381 g/mol. The number of fused-ring (bicyclic) bond motifs is 3. The Morgan fingerprint density at radius 1 is 0.897 bits per heavy atom. The van der Waals surface area contributed by atoms with E-state index in [2.05, 4.69) is 97.9 Å². The van der Waals surface area contributed by atoms with E-state index in [0.717, 1.165) is 11.2 Å². The lowest BCUT2D eigenvalue weighted by Gasteiger charge is -2.12. The number of para-hydroxylation sites is 1. The fraction of sp³-hybridized carbons (Fsp3) is 0.192. The molecule has 0 aliphatic heterocycles. The van der Waals surface area contributed by atoms with E-state index in [9.17, 15) is 0 Å². The van der Waals surface area contributed by atoms with Gasteiger partial charge in [-0.1, -0.05) is 50.2 Å². The van der Waals surface area contributed by atoms with E-state index in [1.165, 1.54) is 39.0 Å². The van der Waals surface area contributed by atoms with Gasteiger partial charge >= 0.3 is 0 Å². The van der Waals surface area contributed by atoms with Gasteiger partial charge in [0, 0.05) is 22.4 Å². The van der Waals surface area contributed by atoms with E-state index in [4.69, 9.17) is 4.42 Å². The normalized spacial score (nSPS) is 11.8. The Kier molecular flexibility index (Phi) is 4.06. The lowest BCUT2D eigenvalue weighted by atomic mass is 9.98. The van der Waals surface area contributed by atoms with Crippen LogP contribution in [0.25, 0.3) is 39.0 Å². The Hall–Kier alpha value is -3.33. The summed E-state index contributed by atoms with van der Waals surface area (Å²) in [6.07, 6.45) is 4.27. The van der Waals surface area contributed by atoms with E-state index in [1.807, 2.05) is 12.1 Å². The highest BCUT2D eigenvalue weighted by Crippen LogP contribution is 2.36. The number of rotatable bonds is 3. The van der Waals surface area contributed by atoms with Crippen LogP contribution in [0.5, 0.6) is 0 Å². The third-order valence-corrected chi connectivity index (χ3v) is 5.80. The van der Waals surface area contributed by atoms with Crippen LogP contribution < -0.4 is 4.57 Å². The van der Waals surface area contributed by atoms with Crippen LogP contribution in [0.15, 0.2) is 77.5 Å². The van der Waals surface area contributed by atoms with E-state index in [1.54, 1.807) is 0 Å². The first-order valence-electron chi connectivity index (χ1n) is 10.1. The van der Waals surface area contributed by atoms with E-state index in [0.29, 0.717) is 5.92 Å². The smallest absolute Gasteiger partial charge is 0.294 e. The van der Waals surface area contributed by atoms with Crippen LogP contribution >= 0.6 is 0 Å². The first kappa shape index (κ1) is 17.7. The molecule has 0 saturated heterocycles. The summed E-state index contributed by atoms with van der Waals surface area (Å²) in [7, 11) is 2.10. The molecule has 0 fully saturated rings. The van der Waals surface area contributed by atoms with Crippen molar-refractivity contribution in [2.75, 3.05) is 0 Å². The molecule has 0 aliphatic carbocycles. The molecule has 3 nitrogen and oxygen atoms in total. The summed E-state index contributed by atoms with van der Waals surface area (Å²) >= 11 is 0. The molecule has 144 valence electrons. The number of imidazole rings is 1. The maximum Gasteiger partial charge on any atom is 0.294 e. The highest BCUT2D eigenvalue weighted by atomic mass is 16.3. The van der Waals surface area contributed by atoms with Crippen molar-refractivity contribution < 1.29 is 8.98 Å². The summed E-state index contributed by atoms with van der Waals surface area (Å²) in [4.78, 5) is 0. The predicted octanol–water partition coefficient (Wildman–Crippen LogP) is 6.30. The summed E-state index contributed by atoms with van der Waals surface area (Å²) < 4.78 is 10.7. The number of aryl methyl sites for hydroxylation is 2. The molecule has 0 unspecified atom stereocenters. The molecule has 0 spiro atoms. The van der Waals surface area contributed by atoms with Crippen molar-refractivity contribution in [3.05, 3.63) is 84.2 Å². The van der Waals surface area contributed by atoms with Crippen molar-refractivity contribution in [3.8, 4) is 17.1 Å². The average Bonchev–Trinajstić information content (AvgIpc) is 3.27. The topological polar surface area (TPSA) is 21.9 Å². The highest BCUT2D eigenvalue weighted by Gasteiger charge is 2.24. The molecular weight excluding hydrogens is 356 g/mol. The SMILES string of the molecule is Cc1ccccc1-c1n(-c2cc3oc4ccccc4c3cc2C(C)C)cc[n+]1C. The first-order chi connectivity index (χ1) is 14.0. The number of aromatic nitrogens is 2. The maximum atomic E-state index is 6.21. The lowest BCUT2D eigenvalue weighted by molar-refractivity contribution is -0.659. The van der Waals surface area contributed by atoms with E-state index >= 15 is 0 Å². The van der Waals surface area contributed by atoms with Gasteiger partial charge in [0.05, 0.1) is 12.6 Å². The zero-order chi connectivity index (χ0) is 20.1. The summed E-state index contributed by atoms with van der Waals surface area (Å²) in [5.41, 5.74) is 6.85. The minimum atomic E-state index is 0.389. The summed E-state index contributed by atoms with van der Waals surface area (Å²) in [6.45, 7) is 6.67. The van der Waals surface area contributed by atoms with Crippen LogP contribution in [0, 0.1) is 6.92 Å². The van der Waals surface area contributed by atoms with E-state index in [-0.39, 0.29) is 0 Å². The predicted molar refractivity (Wildman–Crippen MR) is 118 cm³/mol. The van der Waals surface area contributed by atoms with Crippen molar-refractivity contribution in [2.45, 2.75) is 26.7 Å². The van der Waals surface area contributed by atoms with Gasteiger partial charge in [0.2, 0.25) is 0 Å². The fourth-order valence-corrected chi connectivity index (χ4v) is 4.26. The van der Waals surface area contributed by atoms with Crippen LogP contribution in [0.4, 0.5) is 0 Å². The lowest BCUT2D eigenvalue weighted by Crippen LogP contribution is -2.29. The minimum absolute atomic E-state index is 0.389. The third-order valence-electron chi connectivity index (χ3n) is 5.80. The quantitative estimate of drug-likeness (QED) is 0.336. The Balaban J connectivity index is 1.83. The molecule has 5 aromatic rings. The highest BCUT2D eigenvalue weighted by molar-refractivity contribution is 6.05. The first-order valence-corrected chi connectivity index (χ1v) is 10.1. The van der Waals surface area contributed by atoms with Crippen LogP contribution in [0.2, 0.25) is 0 Å². The van der Waals surface area contributed by atoms with Crippen molar-refractivity contribution in [3.63, 3.8) is 0 Å². The van der Waals surface area contributed by atoms with Gasteiger partial charge < -0.3 is 4.42 Å². The number of furan rings is 1. The van der Waals surface area contributed by atoms with Crippen LogP contribution in [-0.2, 0) is 7.05 Å². The number of hydrogen-bond acceptors (Lipinski definition) is 1. The Morgan fingerprint density at radius 3 is 2.45 bits per heavy atom. The Morgan fingerprint density at radius 2 is 1.66 bits per heavy atom.